The minimum absolute atomic E-state index is 0.0479. The van der Waals surface area contributed by atoms with Crippen LogP contribution in [0.5, 0.6) is 0 Å². The van der Waals surface area contributed by atoms with E-state index in [-0.39, 0.29) is 6.61 Å². The Bertz CT molecular complexity index is 372. The maximum atomic E-state index is 9.37. The normalized spacial score (nSPS) is 21.2. The fourth-order valence-corrected chi connectivity index (χ4v) is 3.38. The van der Waals surface area contributed by atoms with Gasteiger partial charge in [-0.05, 0) is 13.0 Å². The molecule has 1 atom stereocenters. The van der Waals surface area contributed by atoms with E-state index < -0.39 is 0 Å². The van der Waals surface area contributed by atoms with Crippen LogP contribution in [0.4, 0.5) is 5.69 Å². The van der Waals surface area contributed by atoms with Crippen LogP contribution >= 0.6 is 23.4 Å². The Hall–Kier alpha value is -0.380. The molecular formula is C12H16ClNOS. The fraction of sp³-hybridized carbons (Fsp3) is 0.500. The van der Waals surface area contributed by atoms with Gasteiger partial charge < -0.3 is 10.0 Å². The lowest BCUT2D eigenvalue weighted by Crippen LogP contribution is -2.41. The smallest absolute Gasteiger partial charge is 0.0702 e. The molecule has 1 aliphatic heterocycles. The van der Waals surface area contributed by atoms with Gasteiger partial charge in [-0.25, -0.2) is 0 Å². The molecule has 1 aromatic carbocycles. The average Bonchev–Trinajstić information content (AvgIpc) is 2.30. The van der Waals surface area contributed by atoms with Gasteiger partial charge in [0.2, 0.25) is 0 Å². The van der Waals surface area contributed by atoms with Gasteiger partial charge in [-0.1, -0.05) is 23.7 Å². The van der Waals surface area contributed by atoms with Crippen molar-refractivity contribution in [2.75, 3.05) is 23.0 Å². The predicted molar refractivity (Wildman–Crippen MR) is 71.5 cm³/mol. The van der Waals surface area contributed by atoms with Crippen molar-refractivity contribution in [3.05, 3.63) is 28.8 Å². The molecule has 88 valence electrons. The van der Waals surface area contributed by atoms with Crippen LogP contribution in [0.1, 0.15) is 12.5 Å². The van der Waals surface area contributed by atoms with Crippen LogP contribution in [-0.4, -0.2) is 29.2 Å². The second-order valence-corrected chi connectivity index (χ2v) is 5.58. The second kappa shape index (κ2) is 5.30. The van der Waals surface area contributed by atoms with E-state index in [0.29, 0.717) is 6.04 Å². The zero-order chi connectivity index (χ0) is 11.5. The van der Waals surface area contributed by atoms with Crippen molar-refractivity contribution in [3.63, 3.8) is 0 Å². The van der Waals surface area contributed by atoms with Gasteiger partial charge in [0.15, 0.2) is 0 Å². The fourth-order valence-electron chi connectivity index (χ4n) is 2.07. The number of anilines is 1. The molecule has 2 rings (SSSR count). The van der Waals surface area contributed by atoms with Gasteiger partial charge in [0.1, 0.15) is 0 Å². The Morgan fingerprint density at radius 1 is 1.56 bits per heavy atom. The van der Waals surface area contributed by atoms with E-state index in [4.69, 9.17) is 11.6 Å². The number of thioether (sulfide) groups is 1. The van der Waals surface area contributed by atoms with Gasteiger partial charge in [-0.3, -0.25) is 0 Å². The Labute approximate surface area is 106 Å². The first-order valence-corrected chi connectivity index (χ1v) is 7.00. The molecule has 1 aliphatic rings. The topological polar surface area (TPSA) is 23.5 Å². The van der Waals surface area contributed by atoms with Gasteiger partial charge in [0, 0.05) is 29.7 Å². The third-order valence-corrected chi connectivity index (χ3v) is 4.39. The molecule has 0 radical (unpaired) electrons. The van der Waals surface area contributed by atoms with E-state index in [1.807, 2.05) is 30.0 Å². The van der Waals surface area contributed by atoms with Crippen LogP contribution in [0.3, 0.4) is 0 Å². The van der Waals surface area contributed by atoms with Crippen molar-refractivity contribution < 1.29 is 5.11 Å². The number of halogens is 1. The molecule has 4 heteroatoms. The number of hydrogen-bond donors (Lipinski definition) is 1. The minimum atomic E-state index is 0.0479. The zero-order valence-corrected chi connectivity index (χ0v) is 10.9. The highest BCUT2D eigenvalue weighted by Gasteiger charge is 2.22. The Morgan fingerprint density at radius 2 is 2.38 bits per heavy atom. The van der Waals surface area contributed by atoms with Gasteiger partial charge in [0.05, 0.1) is 17.3 Å². The van der Waals surface area contributed by atoms with E-state index in [2.05, 4.69) is 11.8 Å². The highest BCUT2D eigenvalue weighted by atomic mass is 35.5. The third kappa shape index (κ3) is 2.31. The highest BCUT2D eigenvalue weighted by Crippen LogP contribution is 2.33. The molecule has 2 nitrogen and oxygen atoms in total. The molecular weight excluding hydrogens is 242 g/mol. The van der Waals surface area contributed by atoms with Gasteiger partial charge in [0.25, 0.3) is 0 Å². The number of hydrogen-bond acceptors (Lipinski definition) is 3. The number of benzene rings is 1. The van der Waals surface area contributed by atoms with Crippen molar-refractivity contribution in [1.82, 2.24) is 0 Å². The average molecular weight is 258 g/mol. The first-order chi connectivity index (χ1) is 7.74. The molecule has 0 bridgehead atoms. The second-order valence-electron chi connectivity index (χ2n) is 4.02. The summed E-state index contributed by atoms with van der Waals surface area (Å²) in [5.41, 5.74) is 1.94. The van der Waals surface area contributed by atoms with Crippen molar-refractivity contribution in [3.8, 4) is 0 Å². The zero-order valence-electron chi connectivity index (χ0n) is 9.32. The van der Waals surface area contributed by atoms with Crippen molar-refractivity contribution in [1.29, 1.82) is 0 Å². The molecule has 0 aliphatic carbocycles. The first kappa shape index (κ1) is 12.1. The third-order valence-electron chi connectivity index (χ3n) is 2.90. The molecule has 1 N–H and O–H groups in total. The van der Waals surface area contributed by atoms with Crippen molar-refractivity contribution in [2.24, 2.45) is 0 Å². The summed E-state index contributed by atoms with van der Waals surface area (Å²) in [5.74, 6) is 2.25. The van der Waals surface area contributed by atoms with E-state index in [0.717, 1.165) is 34.3 Å². The lowest BCUT2D eigenvalue weighted by molar-refractivity contribution is 0.282. The summed E-state index contributed by atoms with van der Waals surface area (Å²) in [6, 6.07) is 6.20. The van der Waals surface area contributed by atoms with E-state index in [1.165, 1.54) is 0 Å². The summed E-state index contributed by atoms with van der Waals surface area (Å²) in [6.45, 7) is 3.26. The molecule has 1 saturated heterocycles. The lowest BCUT2D eigenvalue weighted by Gasteiger charge is -2.36. The number of rotatable bonds is 2. The molecule has 1 unspecified atom stereocenters. The summed E-state index contributed by atoms with van der Waals surface area (Å²) in [6.07, 6.45) is 0. The van der Waals surface area contributed by atoms with Gasteiger partial charge in [-0.15, -0.1) is 0 Å². The quantitative estimate of drug-likeness (QED) is 0.881. The number of aliphatic hydroxyl groups excluding tert-OH is 1. The molecule has 16 heavy (non-hydrogen) atoms. The summed E-state index contributed by atoms with van der Waals surface area (Å²) >= 11 is 8.22. The molecule has 0 amide bonds. The minimum Gasteiger partial charge on any atom is -0.392 e. The molecule has 1 heterocycles. The van der Waals surface area contributed by atoms with Crippen LogP contribution < -0.4 is 4.90 Å². The van der Waals surface area contributed by atoms with Gasteiger partial charge in [-0.2, -0.15) is 11.8 Å². The number of nitrogens with zero attached hydrogens (tertiary/aromatic N) is 1. The Morgan fingerprint density at radius 3 is 3.06 bits per heavy atom. The standard InChI is InChI=1S/C12H16ClNOS/c1-9-8-16-6-5-14(9)12-10(7-15)3-2-4-11(12)13/h2-4,9,15H,5-8H2,1H3. The molecule has 0 saturated carbocycles. The van der Waals surface area contributed by atoms with Crippen molar-refractivity contribution in [2.45, 2.75) is 19.6 Å². The number of aliphatic hydroxyl groups is 1. The van der Waals surface area contributed by atoms with Crippen LogP contribution in [-0.2, 0) is 6.61 Å². The first-order valence-electron chi connectivity index (χ1n) is 5.46. The SMILES string of the molecule is CC1CSCCN1c1c(Cl)cccc1CO. The van der Waals surface area contributed by atoms with Crippen LogP contribution in [0.15, 0.2) is 18.2 Å². The van der Waals surface area contributed by atoms with Crippen molar-refractivity contribution >= 4 is 29.1 Å². The Balaban J connectivity index is 2.37. The molecule has 0 aromatic heterocycles. The molecule has 1 fully saturated rings. The summed E-state index contributed by atoms with van der Waals surface area (Å²) in [5, 5.41) is 10.1. The largest absolute Gasteiger partial charge is 0.392 e. The number of para-hydroxylation sites is 1. The maximum absolute atomic E-state index is 9.37. The lowest BCUT2D eigenvalue weighted by atomic mass is 10.1. The van der Waals surface area contributed by atoms with Crippen LogP contribution in [0, 0.1) is 0 Å². The van der Waals surface area contributed by atoms with Crippen LogP contribution in [0.25, 0.3) is 0 Å². The monoisotopic (exact) mass is 257 g/mol. The van der Waals surface area contributed by atoms with E-state index in [9.17, 15) is 5.11 Å². The van der Waals surface area contributed by atoms with E-state index in [1.54, 1.807) is 0 Å². The highest BCUT2D eigenvalue weighted by molar-refractivity contribution is 7.99. The van der Waals surface area contributed by atoms with Gasteiger partial charge >= 0.3 is 0 Å². The van der Waals surface area contributed by atoms with E-state index >= 15 is 0 Å². The molecule has 0 spiro atoms. The molecule has 1 aromatic rings. The maximum Gasteiger partial charge on any atom is 0.0702 e. The summed E-state index contributed by atoms with van der Waals surface area (Å²) < 4.78 is 0. The predicted octanol–water partition coefficient (Wildman–Crippen LogP) is 2.77. The summed E-state index contributed by atoms with van der Waals surface area (Å²) in [4.78, 5) is 2.31. The van der Waals surface area contributed by atoms with Crippen LogP contribution in [0.2, 0.25) is 5.02 Å². The Kier molecular flexibility index (Phi) is 4.00. The summed E-state index contributed by atoms with van der Waals surface area (Å²) in [7, 11) is 0.